The molecule has 2 fully saturated rings. The number of carbonyl (C=O) groups excluding carboxylic acids is 1. The van der Waals surface area contributed by atoms with Crippen LogP contribution in [-0.2, 0) is 4.79 Å². The first kappa shape index (κ1) is 10.5. The first-order valence-corrected chi connectivity index (χ1v) is 5.76. The normalized spacial score (nSPS) is 27.3. The van der Waals surface area contributed by atoms with E-state index in [4.69, 9.17) is 6.42 Å². The van der Waals surface area contributed by atoms with Gasteiger partial charge in [0.1, 0.15) is 0 Å². The molecule has 0 N–H and O–H groups in total. The molecule has 0 aromatic heterocycles. The molecule has 82 valence electrons. The molecule has 15 heavy (non-hydrogen) atoms. The monoisotopic (exact) mass is 206 g/mol. The molecule has 2 aliphatic heterocycles. The third-order valence-corrected chi connectivity index (χ3v) is 3.34. The summed E-state index contributed by atoms with van der Waals surface area (Å²) in [4.78, 5) is 15.9. The fourth-order valence-electron chi connectivity index (χ4n) is 2.37. The maximum Gasteiger partial charge on any atom is 0.223 e. The number of amides is 1. The smallest absolute Gasteiger partial charge is 0.223 e. The van der Waals surface area contributed by atoms with Crippen molar-refractivity contribution in [3.8, 4) is 12.3 Å². The van der Waals surface area contributed by atoms with Gasteiger partial charge in [-0.15, -0.1) is 12.3 Å². The van der Waals surface area contributed by atoms with E-state index in [0.29, 0.717) is 6.42 Å². The predicted octanol–water partition coefficient (Wildman–Crippen LogP) is 0.564. The van der Waals surface area contributed by atoms with Crippen LogP contribution in [0.2, 0.25) is 0 Å². The quantitative estimate of drug-likeness (QED) is 0.630. The summed E-state index contributed by atoms with van der Waals surface area (Å²) in [5, 5.41) is 0. The van der Waals surface area contributed by atoms with E-state index in [1.54, 1.807) is 0 Å². The molecular formula is C12H18N2O. The van der Waals surface area contributed by atoms with Crippen LogP contribution in [0.1, 0.15) is 19.3 Å². The van der Waals surface area contributed by atoms with Crippen LogP contribution >= 0.6 is 0 Å². The number of likely N-dealkylation sites (tertiary alicyclic amines) is 2. The molecule has 2 aliphatic rings. The molecule has 0 radical (unpaired) electrons. The highest BCUT2D eigenvalue weighted by Crippen LogP contribution is 2.16. The van der Waals surface area contributed by atoms with Crippen LogP contribution in [0, 0.1) is 18.3 Å². The third kappa shape index (κ3) is 2.51. The maximum atomic E-state index is 11.6. The number of terminal acetylenes is 1. The lowest BCUT2D eigenvalue weighted by Crippen LogP contribution is -2.34. The molecule has 2 heterocycles. The molecule has 1 atom stereocenters. The Morgan fingerprint density at radius 3 is 2.67 bits per heavy atom. The van der Waals surface area contributed by atoms with Crippen LogP contribution in [0.5, 0.6) is 0 Å². The van der Waals surface area contributed by atoms with Gasteiger partial charge >= 0.3 is 0 Å². The minimum Gasteiger partial charge on any atom is -0.340 e. The van der Waals surface area contributed by atoms with Gasteiger partial charge in [-0.25, -0.2) is 0 Å². The standard InChI is InChI=1S/C12H18N2O/c1-2-11-9-12(15)14(10-11)8-7-13-5-3-4-6-13/h1,11H,3-10H2. The summed E-state index contributed by atoms with van der Waals surface area (Å²) < 4.78 is 0. The summed E-state index contributed by atoms with van der Waals surface area (Å²) in [5.74, 6) is 3.06. The summed E-state index contributed by atoms with van der Waals surface area (Å²) in [7, 11) is 0. The van der Waals surface area contributed by atoms with Crippen molar-refractivity contribution in [2.24, 2.45) is 5.92 Å². The van der Waals surface area contributed by atoms with Crippen LogP contribution in [0.4, 0.5) is 0 Å². The van der Waals surface area contributed by atoms with Crippen molar-refractivity contribution in [1.29, 1.82) is 0 Å². The zero-order chi connectivity index (χ0) is 10.7. The van der Waals surface area contributed by atoms with Crippen LogP contribution in [-0.4, -0.2) is 48.4 Å². The fourth-order valence-corrected chi connectivity index (χ4v) is 2.37. The molecule has 0 aromatic carbocycles. The van der Waals surface area contributed by atoms with Gasteiger partial charge in [-0.05, 0) is 25.9 Å². The van der Waals surface area contributed by atoms with Gasteiger partial charge in [-0.2, -0.15) is 0 Å². The van der Waals surface area contributed by atoms with Gasteiger partial charge in [-0.1, -0.05) is 0 Å². The molecule has 1 amide bonds. The predicted molar refractivity (Wildman–Crippen MR) is 59.2 cm³/mol. The SMILES string of the molecule is C#CC1CC(=O)N(CCN2CCCC2)C1. The van der Waals surface area contributed by atoms with Gasteiger partial charge in [0.15, 0.2) is 0 Å². The Morgan fingerprint density at radius 1 is 1.33 bits per heavy atom. The highest BCUT2D eigenvalue weighted by Gasteiger charge is 2.28. The second-order valence-corrected chi connectivity index (χ2v) is 4.46. The van der Waals surface area contributed by atoms with Crippen LogP contribution in [0.25, 0.3) is 0 Å². The van der Waals surface area contributed by atoms with Gasteiger partial charge in [0.2, 0.25) is 5.91 Å². The van der Waals surface area contributed by atoms with Crippen molar-refractivity contribution in [2.45, 2.75) is 19.3 Å². The molecule has 0 bridgehead atoms. The number of hydrogen-bond acceptors (Lipinski definition) is 2. The first-order valence-electron chi connectivity index (χ1n) is 5.76. The maximum absolute atomic E-state index is 11.6. The molecule has 0 aromatic rings. The van der Waals surface area contributed by atoms with E-state index < -0.39 is 0 Å². The summed E-state index contributed by atoms with van der Waals surface area (Å²) in [6, 6.07) is 0. The summed E-state index contributed by atoms with van der Waals surface area (Å²) in [6.45, 7) is 5.03. The Balaban J connectivity index is 1.75. The number of hydrogen-bond donors (Lipinski definition) is 0. The number of rotatable bonds is 3. The minimum atomic E-state index is 0.149. The molecular weight excluding hydrogens is 188 g/mol. The fraction of sp³-hybridized carbons (Fsp3) is 0.750. The lowest BCUT2D eigenvalue weighted by atomic mass is 10.1. The molecule has 3 nitrogen and oxygen atoms in total. The highest BCUT2D eigenvalue weighted by atomic mass is 16.2. The molecule has 0 spiro atoms. The number of carbonyl (C=O) groups is 1. The summed E-state index contributed by atoms with van der Waals surface area (Å²) in [5.41, 5.74) is 0. The Bertz CT molecular complexity index is 276. The number of nitrogens with zero attached hydrogens (tertiary/aromatic N) is 2. The lowest BCUT2D eigenvalue weighted by Gasteiger charge is -2.20. The van der Waals surface area contributed by atoms with Crippen molar-refractivity contribution in [2.75, 3.05) is 32.7 Å². The van der Waals surface area contributed by atoms with Gasteiger partial charge in [0.25, 0.3) is 0 Å². The van der Waals surface area contributed by atoms with Gasteiger partial charge in [-0.3, -0.25) is 4.79 Å². The van der Waals surface area contributed by atoms with Gasteiger partial charge in [0.05, 0.1) is 0 Å². The Labute approximate surface area is 91.4 Å². The second kappa shape index (κ2) is 4.67. The third-order valence-electron chi connectivity index (χ3n) is 3.34. The van der Waals surface area contributed by atoms with Crippen molar-refractivity contribution in [3.05, 3.63) is 0 Å². The zero-order valence-electron chi connectivity index (χ0n) is 9.11. The topological polar surface area (TPSA) is 23.6 Å². The van der Waals surface area contributed by atoms with Crippen LogP contribution in [0.15, 0.2) is 0 Å². The molecule has 2 rings (SSSR count). The van der Waals surface area contributed by atoms with E-state index in [0.717, 1.165) is 19.6 Å². The van der Waals surface area contributed by atoms with Gasteiger partial charge < -0.3 is 9.80 Å². The molecule has 0 saturated carbocycles. The Morgan fingerprint density at radius 2 is 2.07 bits per heavy atom. The van der Waals surface area contributed by atoms with Crippen molar-refractivity contribution in [1.82, 2.24) is 9.80 Å². The van der Waals surface area contributed by atoms with E-state index in [1.807, 2.05) is 4.90 Å². The van der Waals surface area contributed by atoms with E-state index in [-0.39, 0.29) is 11.8 Å². The highest BCUT2D eigenvalue weighted by molar-refractivity contribution is 5.79. The van der Waals surface area contributed by atoms with Crippen molar-refractivity contribution >= 4 is 5.91 Å². The van der Waals surface area contributed by atoms with Gasteiger partial charge in [0, 0.05) is 32.0 Å². The lowest BCUT2D eigenvalue weighted by molar-refractivity contribution is -0.127. The summed E-state index contributed by atoms with van der Waals surface area (Å²) >= 11 is 0. The van der Waals surface area contributed by atoms with E-state index in [2.05, 4.69) is 10.8 Å². The summed E-state index contributed by atoms with van der Waals surface area (Å²) in [6.07, 6.45) is 8.50. The Kier molecular flexibility index (Phi) is 3.27. The van der Waals surface area contributed by atoms with Crippen molar-refractivity contribution in [3.63, 3.8) is 0 Å². The average molecular weight is 206 g/mol. The van der Waals surface area contributed by atoms with E-state index in [9.17, 15) is 4.79 Å². The van der Waals surface area contributed by atoms with E-state index >= 15 is 0 Å². The van der Waals surface area contributed by atoms with Crippen molar-refractivity contribution < 1.29 is 4.79 Å². The van der Waals surface area contributed by atoms with Crippen LogP contribution < -0.4 is 0 Å². The average Bonchev–Trinajstić information content (AvgIpc) is 2.84. The first-order chi connectivity index (χ1) is 7.29. The largest absolute Gasteiger partial charge is 0.340 e. The molecule has 1 unspecified atom stereocenters. The zero-order valence-corrected chi connectivity index (χ0v) is 9.11. The minimum absolute atomic E-state index is 0.149. The van der Waals surface area contributed by atoms with Crippen LogP contribution in [0.3, 0.4) is 0 Å². The molecule has 2 saturated heterocycles. The molecule has 0 aliphatic carbocycles. The molecule has 3 heteroatoms. The van der Waals surface area contributed by atoms with E-state index in [1.165, 1.54) is 25.9 Å². The second-order valence-electron chi connectivity index (χ2n) is 4.46. The Hall–Kier alpha value is -1.01.